The van der Waals surface area contributed by atoms with Gasteiger partial charge in [0.25, 0.3) is 0 Å². The first kappa shape index (κ1) is 8.14. The molecule has 1 rings (SSSR count). The summed E-state index contributed by atoms with van der Waals surface area (Å²) < 4.78 is 0. The zero-order valence-electron chi connectivity index (χ0n) is 5.80. The number of aliphatic carboxylic acids is 1. The number of H-pyrrole nitrogens is 1. The quantitative estimate of drug-likeness (QED) is 0.731. The van der Waals surface area contributed by atoms with Crippen molar-refractivity contribution in [3.63, 3.8) is 0 Å². The molecule has 0 amide bonds. The lowest BCUT2D eigenvalue weighted by Crippen LogP contribution is -1.96. The Kier molecular flexibility index (Phi) is 2.54. The number of hydrogen-bond acceptors (Lipinski definition) is 1. The molecular weight excluding hydrogens is 166 g/mol. The summed E-state index contributed by atoms with van der Waals surface area (Å²) in [6, 6.07) is 1.73. The van der Waals surface area contributed by atoms with Crippen LogP contribution >= 0.6 is 11.6 Å². The first-order chi connectivity index (χ1) is 5.18. The van der Waals surface area contributed by atoms with Gasteiger partial charge in [-0.25, -0.2) is 0 Å². The molecule has 0 atom stereocenters. The van der Waals surface area contributed by atoms with Gasteiger partial charge < -0.3 is 10.1 Å². The molecule has 0 aliphatic rings. The molecule has 0 aliphatic carbocycles. The number of halogens is 1. The Balaban J connectivity index is 2.45. The van der Waals surface area contributed by atoms with Gasteiger partial charge in [-0.1, -0.05) is 11.6 Å². The standard InChI is InChI=1S/C7H8ClNO2/c8-6-3-5(4-9-6)1-2-7(10)11/h3-4,9H,1-2H2,(H,10,11). The third kappa shape index (κ3) is 2.63. The highest BCUT2D eigenvalue weighted by Gasteiger charge is 2.00. The zero-order chi connectivity index (χ0) is 8.27. The fourth-order valence-corrected chi connectivity index (χ4v) is 0.998. The summed E-state index contributed by atoms with van der Waals surface area (Å²) in [6.07, 6.45) is 2.39. The lowest BCUT2D eigenvalue weighted by Gasteiger charge is -1.89. The predicted octanol–water partition coefficient (Wildman–Crippen LogP) is 1.69. The van der Waals surface area contributed by atoms with E-state index in [1.165, 1.54) is 0 Å². The SMILES string of the molecule is O=C(O)CCc1c[nH]c(Cl)c1. The molecule has 2 N–H and O–H groups in total. The normalized spacial score (nSPS) is 9.91. The second kappa shape index (κ2) is 3.44. The smallest absolute Gasteiger partial charge is 0.303 e. The highest BCUT2D eigenvalue weighted by atomic mass is 35.5. The van der Waals surface area contributed by atoms with Crippen molar-refractivity contribution < 1.29 is 9.90 Å². The predicted molar refractivity (Wildman–Crippen MR) is 41.8 cm³/mol. The molecular formula is C7H8ClNO2. The minimum absolute atomic E-state index is 0.147. The van der Waals surface area contributed by atoms with Crippen LogP contribution in [0.2, 0.25) is 5.15 Å². The number of aromatic amines is 1. The van der Waals surface area contributed by atoms with Gasteiger partial charge in [0, 0.05) is 12.6 Å². The molecule has 1 heterocycles. The van der Waals surface area contributed by atoms with E-state index in [1.807, 2.05) is 0 Å². The number of nitrogens with one attached hydrogen (secondary N) is 1. The number of rotatable bonds is 3. The van der Waals surface area contributed by atoms with Crippen LogP contribution in [0.3, 0.4) is 0 Å². The Morgan fingerprint density at radius 3 is 2.91 bits per heavy atom. The van der Waals surface area contributed by atoms with Crippen LogP contribution in [-0.2, 0) is 11.2 Å². The van der Waals surface area contributed by atoms with E-state index in [0.29, 0.717) is 11.6 Å². The molecule has 0 radical (unpaired) electrons. The molecule has 4 heteroatoms. The van der Waals surface area contributed by atoms with Crippen LogP contribution in [0.25, 0.3) is 0 Å². The molecule has 0 saturated heterocycles. The van der Waals surface area contributed by atoms with E-state index >= 15 is 0 Å². The summed E-state index contributed by atoms with van der Waals surface area (Å²) in [7, 11) is 0. The molecule has 0 aromatic carbocycles. The maximum Gasteiger partial charge on any atom is 0.303 e. The van der Waals surface area contributed by atoms with Gasteiger partial charge in [-0.2, -0.15) is 0 Å². The summed E-state index contributed by atoms with van der Waals surface area (Å²) in [6.45, 7) is 0. The van der Waals surface area contributed by atoms with E-state index in [4.69, 9.17) is 16.7 Å². The average molecular weight is 174 g/mol. The van der Waals surface area contributed by atoms with Gasteiger partial charge in [-0.15, -0.1) is 0 Å². The number of aryl methyl sites for hydroxylation is 1. The lowest BCUT2D eigenvalue weighted by atomic mass is 10.2. The zero-order valence-corrected chi connectivity index (χ0v) is 6.56. The molecule has 11 heavy (non-hydrogen) atoms. The van der Waals surface area contributed by atoms with E-state index in [9.17, 15) is 4.79 Å². The van der Waals surface area contributed by atoms with Crippen LogP contribution in [0.1, 0.15) is 12.0 Å². The highest BCUT2D eigenvalue weighted by molar-refractivity contribution is 6.29. The molecule has 0 fully saturated rings. The van der Waals surface area contributed by atoms with Crippen molar-refractivity contribution >= 4 is 17.6 Å². The van der Waals surface area contributed by atoms with Crippen molar-refractivity contribution in [1.29, 1.82) is 0 Å². The Bertz CT molecular complexity index is 257. The molecule has 0 aliphatic heterocycles. The van der Waals surface area contributed by atoms with E-state index in [0.717, 1.165) is 5.56 Å². The van der Waals surface area contributed by atoms with Gasteiger partial charge in [-0.3, -0.25) is 4.79 Å². The van der Waals surface area contributed by atoms with E-state index in [2.05, 4.69) is 4.98 Å². The van der Waals surface area contributed by atoms with Crippen molar-refractivity contribution in [2.45, 2.75) is 12.8 Å². The van der Waals surface area contributed by atoms with Crippen LogP contribution in [0, 0.1) is 0 Å². The van der Waals surface area contributed by atoms with E-state index in [1.54, 1.807) is 12.3 Å². The molecule has 3 nitrogen and oxygen atoms in total. The summed E-state index contributed by atoms with van der Waals surface area (Å²) >= 11 is 5.57. The van der Waals surface area contributed by atoms with E-state index in [-0.39, 0.29) is 6.42 Å². The second-order valence-electron chi connectivity index (χ2n) is 2.25. The van der Waals surface area contributed by atoms with Crippen molar-refractivity contribution in [2.75, 3.05) is 0 Å². The van der Waals surface area contributed by atoms with Crippen molar-refractivity contribution in [3.8, 4) is 0 Å². The first-order valence-corrected chi connectivity index (χ1v) is 3.61. The highest BCUT2D eigenvalue weighted by Crippen LogP contribution is 2.10. The maximum atomic E-state index is 10.1. The van der Waals surface area contributed by atoms with Crippen molar-refractivity contribution in [2.24, 2.45) is 0 Å². The topological polar surface area (TPSA) is 53.1 Å². The second-order valence-corrected chi connectivity index (χ2v) is 2.66. The maximum absolute atomic E-state index is 10.1. The van der Waals surface area contributed by atoms with Crippen molar-refractivity contribution in [3.05, 3.63) is 23.0 Å². The van der Waals surface area contributed by atoms with Gasteiger partial charge in [0.05, 0.1) is 0 Å². The molecule has 0 saturated carbocycles. The van der Waals surface area contributed by atoms with Gasteiger partial charge >= 0.3 is 5.97 Å². The van der Waals surface area contributed by atoms with Crippen LogP contribution in [0.15, 0.2) is 12.3 Å². The van der Waals surface area contributed by atoms with Gasteiger partial charge in [0.15, 0.2) is 0 Å². The molecule has 60 valence electrons. The number of aromatic nitrogens is 1. The summed E-state index contributed by atoms with van der Waals surface area (Å²) in [4.78, 5) is 12.9. The summed E-state index contributed by atoms with van der Waals surface area (Å²) in [5.74, 6) is -0.790. The van der Waals surface area contributed by atoms with Crippen LogP contribution in [0.5, 0.6) is 0 Å². The number of hydrogen-bond donors (Lipinski definition) is 2. The van der Waals surface area contributed by atoms with Crippen LogP contribution in [-0.4, -0.2) is 16.1 Å². The average Bonchev–Trinajstić information content (AvgIpc) is 2.31. The number of carboxylic acids is 1. The van der Waals surface area contributed by atoms with Gasteiger partial charge in [-0.05, 0) is 18.1 Å². The summed E-state index contributed by atoms with van der Waals surface area (Å²) in [5.41, 5.74) is 0.928. The fraction of sp³-hybridized carbons (Fsp3) is 0.286. The minimum atomic E-state index is -0.790. The van der Waals surface area contributed by atoms with Gasteiger partial charge in [0.2, 0.25) is 0 Å². The Morgan fingerprint density at radius 2 is 2.45 bits per heavy atom. The van der Waals surface area contributed by atoms with E-state index < -0.39 is 5.97 Å². The first-order valence-electron chi connectivity index (χ1n) is 3.23. The number of carboxylic acid groups (broad SMARTS) is 1. The molecule has 0 spiro atoms. The number of carbonyl (C=O) groups is 1. The third-order valence-corrected chi connectivity index (χ3v) is 1.55. The minimum Gasteiger partial charge on any atom is -0.481 e. The third-order valence-electron chi connectivity index (χ3n) is 1.34. The van der Waals surface area contributed by atoms with Crippen LogP contribution in [0.4, 0.5) is 0 Å². The molecule has 0 bridgehead atoms. The molecule has 0 unspecified atom stereocenters. The van der Waals surface area contributed by atoms with Crippen molar-refractivity contribution in [1.82, 2.24) is 4.98 Å². The molecule has 1 aromatic heterocycles. The Morgan fingerprint density at radius 1 is 1.73 bits per heavy atom. The monoisotopic (exact) mass is 173 g/mol. The lowest BCUT2D eigenvalue weighted by molar-refractivity contribution is -0.136. The summed E-state index contributed by atoms with van der Waals surface area (Å²) in [5, 5.41) is 8.89. The molecule has 1 aromatic rings. The van der Waals surface area contributed by atoms with Gasteiger partial charge in [0.1, 0.15) is 5.15 Å². The largest absolute Gasteiger partial charge is 0.481 e. The van der Waals surface area contributed by atoms with Crippen LogP contribution < -0.4 is 0 Å². The fourth-order valence-electron chi connectivity index (χ4n) is 0.803. The Labute approximate surface area is 69.0 Å². The Hall–Kier alpha value is -0.960.